The van der Waals surface area contributed by atoms with E-state index in [0.717, 1.165) is 18.4 Å². The van der Waals surface area contributed by atoms with Crippen molar-refractivity contribution in [2.75, 3.05) is 0 Å². The molecule has 74 valence electrons. The number of hydrogen-bond donors (Lipinski definition) is 1. The van der Waals surface area contributed by atoms with E-state index >= 15 is 0 Å². The first-order valence-corrected chi connectivity index (χ1v) is 4.61. The molecule has 1 aromatic carbocycles. The van der Waals surface area contributed by atoms with Crippen LogP contribution in [0.15, 0.2) is 24.3 Å². The second-order valence-corrected chi connectivity index (χ2v) is 3.63. The minimum Gasteiger partial charge on any atom is -0.388 e. The van der Waals surface area contributed by atoms with Gasteiger partial charge in [0.25, 0.3) is 5.69 Å². The molecule has 1 aliphatic rings. The zero-order valence-electron chi connectivity index (χ0n) is 7.59. The Bertz CT molecular complexity index is 343. The summed E-state index contributed by atoms with van der Waals surface area (Å²) < 4.78 is 0. The van der Waals surface area contributed by atoms with Gasteiger partial charge in [-0.25, -0.2) is 0 Å². The number of benzene rings is 1. The van der Waals surface area contributed by atoms with Crippen LogP contribution < -0.4 is 0 Å². The van der Waals surface area contributed by atoms with Gasteiger partial charge in [-0.3, -0.25) is 10.1 Å². The van der Waals surface area contributed by atoms with Crippen LogP contribution in [0.3, 0.4) is 0 Å². The summed E-state index contributed by atoms with van der Waals surface area (Å²) >= 11 is 0. The van der Waals surface area contributed by atoms with Crippen molar-refractivity contribution in [3.05, 3.63) is 39.9 Å². The maximum atomic E-state index is 10.4. The number of aliphatic hydroxyl groups is 1. The number of nitro benzene ring substituents is 1. The lowest BCUT2D eigenvalue weighted by Crippen LogP contribution is -1.99. The summed E-state index contributed by atoms with van der Waals surface area (Å²) in [4.78, 5) is 9.93. The SMILES string of the molecule is O=[N+]([O-])c1ccc(C(O)C2CC2)cc1. The molecule has 0 aliphatic heterocycles. The normalized spacial score (nSPS) is 17.8. The van der Waals surface area contributed by atoms with Crippen molar-refractivity contribution in [2.45, 2.75) is 18.9 Å². The summed E-state index contributed by atoms with van der Waals surface area (Å²) in [5.41, 5.74) is 0.842. The molecule has 0 aromatic heterocycles. The number of nitrogens with zero attached hydrogens (tertiary/aromatic N) is 1. The van der Waals surface area contributed by atoms with E-state index in [-0.39, 0.29) is 5.69 Å². The van der Waals surface area contributed by atoms with E-state index in [0.29, 0.717) is 5.92 Å². The number of non-ortho nitro benzene ring substituents is 1. The maximum Gasteiger partial charge on any atom is 0.269 e. The third kappa shape index (κ3) is 1.75. The molecule has 4 heteroatoms. The average Bonchev–Trinajstić information content (AvgIpc) is 3.00. The number of rotatable bonds is 3. The van der Waals surface area contributed by atoms with Gasteiger partial charge in [0, 0.05) is 12.1 Å². The van der Waals surface area contributed by atoms with Crippen molar-refractivity contribution in [3.8, 4) is 0 Å². The minimum atomic E-state index is -0.448. The largest absolute Gasteiger partial charge is 0.388 e. The van der Waals surface area contributed by atoms with Crippen LogP contribution in [0.5, 0.6) is 0 Å². The van der Waals surface area contributed by atoms with Crippen LogP contribution in [-0.2, 0) is 0 Å². The Balaban J connectivity index is 2.16. The van der Waals surface area contributed by atoms with Gasteiger partial charge in [-0.2, -0.15) is 0 Å². The molecular weight excluding hydrogens is 182 g/mol. The van der Waals surface area contributed by atoms with E-state index in [2.05, 4.69) is 0 Å². The fraction of sp³-hybridized carbons (Fsp3) is 0.400. The van der Waals surface area contributed by atoms with E-state index in [1.807, 2.05) is 0 Å². The summed E-state index contributed by atoms with van der Waals surface area (Å²) in [6.45, 7) is 0. The Morgan fingerprint density at radius 1 is 1.36 bits per heavy atom. The number of nitro groups is 1. The molecular formula is C10H11NO3. The zero-order valence-corrected chi connectivity index (χ0v) is 7.59. The first kappa shape index (κ1) is 9.15. The lowest BCUT2D eigenvalue weighted by molar-refractivity contribution is -0.384. The third-order valence-corrected chi connectivity index (χ3v) is 2.51. The summed E-state index contributed by atoms with van der Waals surface area (Å²) in [7, 11) is 0. The molecule has 2 rings (SSSR count). The van der Waals surface area contributed by atoms with Crippen molar-refractivity contribution >= 4 is 5.69 Å². The molecule has 1 aliphatic carbocycles. The summed E-state index contributed by atoms with van der Waals surface area (Å²) in [5.74, 6) is 0.358. The molecule has 0 amide bonds. The van der Waals surface area contributed by atoms with Crippen molar-refractivity contribution in [1.29, 1.82) is 0 Å². The lowest BCUT2D eigenvalue weighted by Gasteiger charge is -2.08. The summed E-state index contributed by atoms with van der Waals surface area (Å²) in [6, 6.07) is 6.12. The van der Waals surface area contributed by atoms with Crippen molar-refractivity contribution in [2.24, 2.45) is 5.92 Å². The molecule has 1 N–H and O–H groups in total. The molecule has 4 nitrogen and oxygen atoms in total. The fourth-order valence-corrected chi connectivity index (χ4v) is 1.48. The first-order valence-electron chi connectivity index (χ1n) is 4.61. The highest BCUT2D eigenvalue weighted by Crippen LogP contribution is 2.40. The Labute approximate surface area is 81.3 Å². The van der Waals surface area contributed by atoms with Crippen LogP contribution in [0.4, 0.5) is 5.69 Å². The van der Waals surface area contributed by atoms with Gasteiger partial charge in [0.2, 0.25) is 0 Å². The Hall–Kier alpha value is -1.42. The van der Waals surface area contributed by atoms with Gasteiger partial charge in [0.15, 0.2) is 0 Å². The van der Waals surface area contributed by atoms with Crippen molar-refractivity contribution in [1.82, 2.24) is 0 Å². The van der Waals surface area contributed by atoms with Crippen LogP contribution in [0, 0.1) is 16.0 Å². The van der Waals surface area contributed by atoms with Gasteiger partial charge in [-0.15, -0.1) is 0 Å². The van der Waals surface area contributed by atoms with Crippen LogP contribution in [0.1, 0.15) is 24.5 Å². The van der Waals surface area contributed by atoms with E-state index in [4.69, 9.17) is 0 Å². The molecule has 14 heavy (non-hydrogen) atoms. The van der Waals surface area contributed by atoms with E-state index in [9.17, 15) is 15.2 Å². The second kappa shape index (κ2) is 3.38. The van der Waals surface area contributed by atoms with E-state index in [1.165, 1.54) is 12.1 Å². The molecule has 0 heterocycles. The molecule has 1 aromatic rings. The fourth-order valence-electron chi connectivity index (χ4n) is 1.48. The van der Waals surface area contributed by atoms with Crippen LogP contribution in [0.2, 0.25) is 0 Å². The molecule has 1 atom stereocenters. The van der Waals surface area contributed by atoms with Crippen molar-refractivity contribution < 1.29 is 10.0 Å². The second-order valence-electron chi connectivity index (χ2n) is 3.63. The Morgan fingerprint density at radius 3 is 2.36 bits per heavy atom. The van der Waals surface area contributed by atoms with E-state index < -0.39 is 11.0 Å². The Kier molecular flexibility index (Phi) is 2.21. The van der Waals surface area contributed by atoms with Crippen LogP contribution >= 0.6 is 0 Å². The van der Waals surface area contributed by atoms with Crippen LogP contribution in [0.25, 0.3) is 0 Å². The lowest BCUT2D eigenvalue weighted by atomic mass is 10.1. The standard InChI is InChI=1S/C10H11NO3/c12-10(7-1-2-7)8-3-5-9(6-4-8)11(13)14/h3-7,10,12H,1-2H2. The number of hydrogen-bond acceptors (Lipinski definition) is 3. The van der Waals surface area contributed by atoms with Gasteiger partial charge < -0.3 is 5.11 Å². The Morgan fingerprint density at radius 2 is 1.93 bits per heavy atom. The average molecular weight is 193 g/mol. The van der Waals surface area contributed by atoms with Gasteiger partial charge >= 0.3 is 0 Å². The van der Waals surface area contributed by atoms with E-state index in [1.54, 1.807) is 12.1 Å². The third-order valence-electron chi connectivity index (χ3n) is 2.51. The summed E-state index contributed by atoms with van der Waals surface area (Å²) in [5, 5.41) is 20.1. The topological polar surface area (TPSA) is 63.4 Å². The summed E-state index contributed by atoms with van der Waals surface area (Å²) in [6.07, 6.45) is 1.66. The predicted octanol–water partition coefficient (Wildman–Crippen LogP) is 2.04. The zero-order chi connectivity index (χ0) is 10.1. The van der Waals surface area contributed by atoms with Crippen molar-refractivity contribution in [3.63, 3.8) is 0 Å². The predicted molar refractivity (Wildman–Crippen MR) is 50.8 cm³/mol. The molecule has 0 spiro atoms. The van der Waals surface area contributed by atoms with Gasteiger partial charge in [0.05, 0.1) is 11.0 Å². The molecule has 1 saturated carbocycles. The molecule has 0 radical (unpaired) electrons. The number of aliphatic hydroxyl groups excluding tert-OH is 1. The van der Waals surface area contributed by atoms with Gasteiger partial charge in [-0.05, 0) is 36.5 Å². The maximum absolute atomic E-state index is 10.4. The molecule has 0 bridgehead atoms. The van der Waals surface area contributed by atoms with Crippen LogP contribution in [-0.4, -0.2) is 10.0 Å². The molecule has 1 fully saturated rings. The first-order chi connectivity index (χ1) is 6.68. The highest BCUT2D eigenvalue weighted by atomic mass is 16.6. The highest BCUT2D eigenvalue weighted by molar-refractivity contribution is 5.34. The van der Waals surface area contributed by atoms with Gasteiger partial charge in [0.1, 0.15) is 0 Å². The quantitative estimate of drug-likeness (QED) is 0.590. The molecule has 1 unspecified atom stereocenters. The highest BCUT2D eigenvalue weighted by Gasteiger charge is 2.30. The van der Waals surface area contributed by atoms with Gasteiger partial charge in [-0.1, -0.05) is 0 Å². The monoisotopic (exact) mass is 193 g/mol. The smallest absolute Gasteiger partial charge is 0.269 e. The minimum absolute atomic E-state index is 0.0664. The molecule has 0 saturated heterocycles.